The number of anilines is 1. The quantitative estimate of drug-likeness (QED) is 0.853. The Labute approximate surface area is 103 Å². The van der Waals surface area contributed by atoms with Gasteiger partial charge in [-0.05, 0) is 23.8 Å². The number of hydrogen-bond acceptors (Lipinski definition) is 3. The molecule has 3 nitrogen and oxygen atoms in total. The summed E-state index contributed by atoms with van der Waals surface area (Å²) < 4.78 is 0. The third-order valence-corrected chi connectivity index (χ3v) is 2.88. The lowest BCUT2D eigenvalue weighted by molar-refractivity contribution is 1.12. The van der Waals surface area contributed by atoms with Crippen molar-refractivity contribution in [2.75, 3.05) is 5.32 Å². The molecule has 0 aromatic carbocycles. The number of aromatic nitrogens is 2. The van der Waals surface area contributed by atoms with E-state index in [4.69, 9.17) is 23.2 Å². The molecule has 2 rings (SSSR count). The molecule has 2 aromatic heterocycles. The van der Waals surface area contributed by atoms with Gasteiger partial charge in [-0.3, -0.25) is 4.98 Å². The molecule has 0 saturated heterocycles. The van der Waals surface area contributed by atoms with Crippen LogP contribution in [-0.4, -0.2) is 9.97 Å². The van der Waals surface area contributed by atoms with Crippen LogP contribution in [0.25, 0.3) is 0 Å². The van der Waals surface area contributed by atoms with E-state index in [0.29, 0.717) is 16.7 Å². The first-order valence-corrected chi connectivity index (χ1v) is 5.46. The van der Waals surface area contributed by atoms with Crippen molar-refractivity contribution >= 4 is 28.9 Å². The van der Waals surface area contributed by atoms with E-state index in [2.05, 4.69) is 15.3 Å². The zero-order chi connectivity index (χ0) is 11.4. The van der Waals surface area contributed by atoms with E-state index in [1.165, 1.54) is 0 Å². The predicted molar refractivity (Wildman–Crippen MR) is 65.8 cm³/mol. The summed E-state index contributed by atoms with van der Waals surface area (Å²) in [5, 5.41) is 4.01. The molecule has 0 fully saturated rings. The van der Waals surface area contributed by atoms with Crippen molar-refractivity contribution in [2.24, 2.45) is 0 Å². The van der Waals surface area contributed by atoms with Gasteiger partial charge >= 0.3 is 0 Å². The fourth-order valence-corrected chi connectivity index (χ4v) is 1.61. The fourth-order valence-electron chi connectivity index (χ4n) is 1.26. The average Bonchev–Trinajstić information content (AvgIpc) is 2.32. The minimum atomic E-state index is 0.326. The molecule has 0 saturated carbocycles. The van der Waals surface area contributed by atoms with Crippen molar-refractivity contribution in [1.82, 2.24) is 9.97 Å². The Morgan fingerprint density at radius 3 is 2.81 bits per heavy atom. The Morgan fingerprint density at radius 1 is 1.19 bits per heavy atom. The molecule has 0 aliphatic rings. The van der Waals surface area contributed by atoms with Gasteiger partial charge in [0.25, 0.3) is 0 Å². The number of nitrogens with one attached hydrogen (secondary N) is 1. The molecule has 82 valence electrons. The maximum Gasteiger partial charge on any atom is 0.147 e. The van der Waals surface area contributed by atoms with Gasteiger partial charge in [0.1, 0.15) is 5.15 Å². The number of hydrogen-bond donors (Lipinski definition) is 1. The van der Waals surface area contributed by atoms with Crippen molar-refractivity contribution < 1.29 is 0 Å². The minimum absolute atomic E-state index is 0.326. The molecular weight excluding hydrogens is 245 g/mol. The lowest BCUT2D eigenvalue weighted by Crippen LogP contribution is -2.00. The van der Waals surface area contributed by atoms with Gasteiger partial charge in [-0.15, -0.1) is 0 Å². The summed E-state index contributed by atoms with van der Waals surface area (Å²) in [7, 11) is 0. The van der Waals surface area contributed by atoms with E-state index in [-0.39, 0.29) is 0 Å². The van der Waals surface area contributed by atoms with Crippen LogP contribution in [0, 0.1) is 0 Å². The third-order valence-electron chi connectivity index (χ3n) is 2.07. The summed E-state index contributed by atoms with van der Waals surface area (Å²) >= 11 is 11.8. The third kappa shape index (κ3) is 2.62. The van der Waals surface area contributed by atoms with Crippen molar-refractivity contribution in [2.45, 2.75) is 6.54 Å². The summed E-state index contributed by atoms with van der Waals surface area (Å²) in [5.74, 6) is 0. The normalized spacial score (nSPS) is 10.1. The molecule has 0 unspecified atom stereocenters. The molecule has 0 aliphatic carbocycles. The molecular formula is C11H9Cl2N3. The fraction of sp³-hybridized carbons (Fsp3) is 0.0909. The maximum absolute atomic E-state index is 6.01. The van der Waals surface area contributed by atoms with Gasteiger partial charge < -0.3 is 5.32 Å². The highest BCUT2D eigenvalue weighted by Gasteiger charge is 2.04. The molecule has 1 N–H and O–H groups in total. The van der Waals surface area contributed by atoms with E-state index in [0.717, 1.165) is 11.3 Å². The van der Waals surface area contributed by atoms with Crippen LogP contribution < -0.4 is 5.32 Å². The summed E-state index contributed by atoms with van der Waals surface area (Å²) in [5.41, 5.74) is 1.84. The first kappa shape index (κ1) is 11.2. The Morgan fingerprint density at radius 2 is 2.06 bits per heavy atom. The molecule has 2 heterocycles. The summed E-state index contributed by atoms with van der Waals surface area (Å²) in [4.78, 5) is 7.89. The molecule has 0 amide bonds. The van der Waals surface area contributed by atoms with Crippen molar-refractivity contribution in [3.05, 3.63) is 52.5 Å². The summed E-state index contributed by atoms with van der Waals surface area (Å²) in [6.45, 7) is 0.590. The Bertz CT molecular complexity index is 474. The molecule has 16 heavy (non-hydrogen) atoms. The lowest BCUT2D eigenvalue weighted by atomic mass is 10.2. The van der Waals surface area contributed by atoms with E-state index >= 15 is 0 Å². The van der Waals surface area contributed by atoms with Gasteiger partial charge in [-0.2, -0.15) is 0 Å². The van der Waals surface area contributed by atoms with Crippen LogP contribution in [0.15, 0.2) is 36.8 Å². The SMILES string of the molecule is Clc1nccc(CNc2cccnc2)c1Cl. The Kier molecular flexibility index (Phi) is 3.59. The van der Waals surface area contributed by atoms with E-state index in [9.17, 15) is 0 Å². The van der Waals surface area contributed by atoms with Gasteiger partial charge in [0.2, 0.25) is 0 Å². The van der Waals surface area contributed by atoms with Crippen LogP contribution in [0.2, 0.25) is 10.2 Å². The van der Waals surface area contributed by atoms with Crippen LogP contribution in [0.1, 0.15) is 5.56 Å². The van der Waals surface area contributed by atoms with Crippen molar-refractivity contribution in [3.8, 4) is 0 Å². The largest absolute Gasteiger partial charge is 0.380 e. The van der Waals surface area contributed by atoms with Crippen molar-refractivity contribution in [1.29, 1.82) is 0 Å². The summed E-state index contributed by atoms with van der Waals surface area (Å²) in [6, 6.07) is 5.63. The Hall–Kier alpha value is -1.32. The molecule has 0 spiro atoms. The topological polar surface area (TPSA) is 37.8 Å². The molecule has 0 radical (unpaired) electrons. The van der Waals surface area contributed by atoms with Crippen LogP contribution >= 0.6 is 23.2 Å². The van der Waals surface area contributed by atoms with Crippen LogP contribution in [0.3, 0.4) is 0 Å². The van der Waals surface area contributed by atoms with Gasteiger partial charge in [0.05, 0.1) is 10.7 Å². The lowest BCUT2D eigenvalue weighted by Gasteiger charge is -2.07. The second-order valence-corrected chi connectivity index (χ2v) is 3.91. The number of rotatable bonds is 3. The first-order chi connectivity index (χ1) is 7.77. The zero-order valence-corrected chi connectivity index (χ0v) is 9.83. The predicted octanol–water partition coefficient (Wildman–Crippen LogP) is 3.40. The molecule has 2 aromatic rings. The highest BCUT2D eigenvalue weighted by atomic mass is 35.5. The second kappa shape index (κ2) is 5.14. The number of pyridine rings is 2. The van der Waals surface area contributed by atoms with Gasteiger partial charge in [-0.25, -0.2) is 4.98 Å². The highest BCUT2D eigenvalue weighted by Crippen LogP contribution is 2.23. The van der Waals surface area contributed by atoms with E-state index < -0.39 is 0 Å². The second-order valence-electron chi connectivity index (χ2n) is 3.17. The van der Waals surface area contributed by atoms with Crippen LogP contribution in [-0.2, 0) is 6.54 Å². The number of halogens is 2. The minimum Gasteiger partial charge on any atom is -0.380 e. The highest BCUT2D eigenvalue weighted by molar-refractivity contribution is 6.41. The van der Waals surface area contributed by atoms with Gasteiger partial charge in [0, 0.05) is 25.1 Å². The first-order valence-electron chi connectivity index (χ1n) is 4.70. The van der Waals surface area contributed by atoms with Crippen LogP contribution in [0.5, 0.6) is 0 Å². The zero-order valence-electron chi connectivity index (χ0n) is 8.32. The average molecular weight is 254 g/mol. The maximum atomic E-state index is 6.01. The van der Waals surface area contributed by atoms with Gasteiger partial charge in [0.15, 0.2) is 0 Å². The van der Waals surface area contributed by atoms with Crippen LogP contribution in [0.4, 0.5) is 5.69 Å². The standard InChI is InChI=1S/C11H9Cl2N3/c12-10-8(3-5-15-11(10)13)6-16-9-2-1-4-14-7-9/h1-5,7,16H,6H2. The summed E-state index contributed by atoms with van der Waals surface area (Å²) in [6.07, 6.45) is 5.10. The molecule has 5 heteroatoms. The molecule has 0 aliphatic heterocycles. The van der Waals surface area contributed by atoms with E-state index in [1.54, 1.807) is 18.6 Å². The Balaban J connectivity index is 2.08. The van der Waals surface area contributed by atoms with Gasteiger partial charge in [-0.1, -0.05) is 23.2 Å². The smallest absolute Gasteiger partial charge is 0.147 e. The van der Waals surface area contributed by atoms with Crippen molar-refractivity contribution in [3.63, 3.8) is 0 Å². The number of nitrogens with zero attached hydrogens (tertiary/aromatic N) is 2. The molecule has 0 atom stereocenters. The monoisotopic (exact) mass is 253 g/mol. The molecule has 0 bridgehead atoms. The van der Waals surface area contributed by atoms with E-state index in [1.807, 2.05) is 18.2 Å².